The third-order valence-corrected chi connectivity index (χ3v) is 3.66. The molecule has 2 nitrogen and oxygen atoms in total. The Morgan fingerprint density at radius 2 is 1.71 bits per heavy atom. The van der Waals surface area contributed by atoms with Crippen LogP contribution in [0.15, 0.2) is 30.3 Å². The number of carbonyl (C=O) groups is 1. The number of benzene rings is 1. The molecule has 0 saturated heterocycles. The average Bonchev–Trinajstić information content (AvgIpc) is 2.29. The molecule has 0 bridgehead atoms. The second-order valence-electron chi connectivity index (χ2n) is 5.65. The Kier molecular flexibility index (Phi) is 3.97. The molecular weight excluding hydrogens is 212 g/mol. The van der Waals surface area contributed by atoms with Crippen LogP contribution in [0.25, 0.3) is 0 Å². The van der Waals surface area contributed by atoms with Crippen molar-refractivity contribution in [3.63, 3.8) is 0 Å². The first-order valence-electron chi connectivity index (χ1n) is 6.11. The van der Waals surface area contributed by atoms with Crippen LogP contribution in [0, 0.1) is 5.41 Å². The van der Waals surface area contributed by atoms with Crippen LogP contribution in [0.4, 0.5) is 0 Å². The number of aliphatic carboxylic acids is 1. The molecule has 2 heteroatoms. The van der Waals surface area contributed by atoms with E-state index in [1.165, 1.54) is 5.56 Å². The zero-order valence-electron chi connectivity index (χ0n) is 11.2. The monoisotopic (exact) mass is 234 g/mol. The standard InChI is InChI=1S/C15H22O2/c1-5-15(4,11-14(2,3)13(16)17)12-9-7-6-8-10-12/h6-10H,5,11H2,1-4H3,(H,16,17). The fraction of sp³-hybridized carbons (Fsp3) is 0.533. The predicted molar refractivity (Wildman–Crippen MR) is 70.1 cm³/mol. The van der Waals surface area contributed by atoms with Crippen molar-refractivity contribution in [2.75, 3.05) is 0 Å². The second kappa shape index (κ2) is 4.91. The third kappa shape index (κ3) is 3.09. The van der Waals surface area contributed by atoms with Crippen molar-refractivity contribution in [1.29, 1.82) is 0 Å². The highest BCUT2D eigenvalue weighted by atomic mass is 16.4. The van der Waals surface area contributed by atoms with Gasteiger partial charge in [-0.05, 0) is 37.7 Å². The lowest BCUT2D eigenvalue weighted by Gasteiger charge is -2.35. The minimum atomic E-state index is -0.729. The minimum Gasteiger partial charge on any atom is -0.481 e. The molecule has 0 aromatic heterocycles. The summed E-state index contributed by atoms with van der Waals surface area (Å²) in [4.78, 5) is 11.2. The highest BCUT2D eigenvalue weighted by Crippen LogP contribution is 2.39. The molecular formula is C15H22O2. The zero-order valence-corrected chi connectivity index (χ0v) is 11.2. The van der Waals surface area contributed by atoms with Crippen LogP contribution >= 0.6 is 0 Å². The SMILES string of the molecule is CCC(C)(CC(C)(C)C(=O)O)c1ccccc1. The molecule has 1 aromatic rings. The summed E-state index contributed by atoms with van der Waals surface area (Å²) in [5, 5.41) is 9.25. The van der Waals surface area contributed by atoms with Crippen molar-refractivity contribution in [3.8, 4) is 0 Å². The Morgan fingerprint density at radius 1 is 1.18 bits per heavy atom. The normalized spacial score (nSPS) is 15.3. The van der Waals surface area contributed by atoms with Gasteiger partial charge in [0.2, 0.25) is 0 Å². The highest BCUT2D eigenvalue weighted by Gasteiger charge is 2.37. The Balaban J connectivity index is 3.02. The average molecular weight is 234 g/mol. The molecule has 1 atom stereocenters. The van der Waals surface area contributed by atoms with Crippen LogP contribution in [0.1, 0.15) is 46.1 Å². The lowest BCUT2D eigenvalue weighted by molar-refractivity contribution is -0.148. The molecule has 0 aliphatic heterocycles. The first-order valence-corrected chi connectivity index (χ1v) is 6.11. The lowest BCUT2D eigenvalue weighted by Crippen LogP contribution is -2.34. The van der Waals surface area contributed by atoms with E-state index in [-0.39, 0.29) is 5.41 Å². The molecule has 1 aromatic carbocycles. The summed E-state index contributed by atoms with van der Waals surface area (Å²) < 4.78 is 0. The Morgan fingerprint density at radius 3 is 2.12 bits per heavy atom. The van der Waals surface area contributed by atoms with Crippen molar-refractivity contribution in [3.05, 3.63) is 35.9 Å². The number of hydrogen-bond donors (Lipinski definition) is 1. The quantitative estimate of drug-likeness (QED) is 0.840. The molecule has 0 radical (unpaired) electrons. The number of carboxylic acid groups (broad SMARTS) is 1. The van der Waals surface area contributed by atoms with Crippen molar-refractivity contribution in [1.82, 2.24) is 0 Å². The van der Waals surface area contributed by atoms with E-state index < -0.39 is 11.4 Å². The van der Waals surface area contributed by atoms with Gasteiger partial charge in [0.1, 0.15) is 0 Å². The molecule has 1 rings (SSSR count). The van der Waals surface area contributed by atoms with Gasteiger partial charge in [-0.3, -0.25) is 4.79 Å². The molecule has 0 fully saturated rings. The predicted octanol–water partition coefficient (Wildman–Crippen LogP) is 3.86. The Hall–Kier alpha value is -1.31. The summed E-state index contributed by atoms with van der Waals surface area (Å²) in [5.41, 5.74) is 0.445. The summed E-state index contributed by atoms with van der Waals surface area (Å²) >= 11 is 0. The van der Waals surface area contributed by atoms with E-state index in [0.717, 1.165) is 6.42 Å². The molecule has 1 unspecified atom stereocenters. The maximum Gasteiger partial charge on any atom is 0.309 e. The van der Waals surface area contributed by atoms with Crippen LogP contribution in [0.2, 0.25) is 0 Å². The molecule has 0 spiro atoms. The van der Waals surface area contributed by atoms with Gasteiger partial charge in [0.05, 0.1) is 5.41 Å². The topological polar surface area (TPSA) is 37.3 Å². The zero-order chi connectivity index (χ0) is 13.1. The van der Waals surface area contributed by atoms with Crippen LogP contribution in [-0.2, 0) is 10.2 Å². The molecule has 1 N–H and O–H groups in total. The molecule has 0 heterocycles. The van der Waals surface area contributed by atoms with E-state index in [9.17, 15) is 9.90 Å². The van der Waals surface area contributed by atoms with E-state index in [1.807, 2.05) is 18.2 Å². The fourth-order valence-electron chi connectivity index (χ4n) is 2.32. The third-order valence-electron chi connectivity index (χ3n) is 3.66. The number of carboxylic acids is 1. The summed E-state index contributed by atoms with van der Waals surface area (Å²) in [7, 11) is 0. The highest BCUT2D eigenvalue weighted by molar-refractivity contribution is 5.73. The molecule has 0 saturated carbocycles. The summed E-state index contributed by atoms with van der Waals surface area (Å²) in [6.45, 7) is 7.86. The van der Waals surface area contributed by atoms with Crippen LogP contribution < -0.4 is 0 Å². The lowest BCUT2D eigenvalue weighted by atomic mass is 9.69. The van der Waals surface area contributed by atoms with Crippen LogP contribution in [0.5, 0.6) is 0 Å². The smallest absolute Gasteiger partial charge is 0.309 e. The van der Waals surface area contributed by atoms with Gasteiger partial charge in [-0.15, -0.1) is 0 Å². The van der Waals surface area contributed by atoms with Crippen LogP contribution in [-0.4, -0.2) is 11.1 Å². The molecule has 0 aliphatic rings. The van der Waals surface area contributed by atoms with Gasteiger partial charge in [0.15, 0.2) is 0 Å². The molecule has 0 aliphatic carbocycles. The van der Waals surface area contributed by atoms with Gasteiger partial charge < -0.3 is 5.11 Å². The van der Waals surface area contributed by atoms with E-state index in [1.54, 1.807) is 13.8 Å². The van der Waals surface area contributed by atoms with E-state index in [4.69, 9.17) is 0 Å². The Labute approximate surface area is 104 Å². The fourth-order valence-corrected chi connectivity index (χ4v) is 2.32. The first kappa shape index (κ1) is 13.8. The van der Waals surface area contributed by atoms with Gasteiger partial charge >= 0.3 is 5.97 Å². The van der Waals surface area contributed by atoms with Crippen molar-refractivity contribution < 1.29 is 9.90 Å². The van der Waals surface area contributed by atoms with Gasteiger partial charge in [0.25, 0.3) is 0 Å². The van der Waals surface area contributed by atoms with Crippen LogP contribution in [0.3, 0.4) is 0 Å². The van der Waals surface area contributed by atoms with E-state index in [0.29, 0.717) is 6.42 Å². The summed E-state index contributed by atoms with van der Waals surface area (Å²) in [5.74, 6) is -0.729. The first-order chi connectivity index (χ1) is 7.82. The van der Waals surface area contributed by atoms with E-state index >= 15 is 0 Å². The molecule has 0 amide bonds. The maximum atomic E-state index is 11.2. The second-order valence-corrected chi connectivity index (χ2v) is 5.65. The molecule has 17 heavy (non-hydrogen) atoms. The van der Waals surface area contributed by atoms with Crippen molar-refractivity contribution >= 4 is 5.97 Å². The number of rotatable bonds is 5. The van der Waals surface area contributed by atoms with Gasteiger partial charge in [-0.25, -0.2) is 0 Å². The molecule has 94 valence electrons. The van der Waals surface area contributed by atoms with Crippen molar-refractivity contribution in [2.45, 2.75) is 46.0 Å². The minimum absolute atomic E-state index is 0.0802. The van der Waals surface area contributed by atoms with Gasteiger partial charge in [0, 0.05) is 0 Å². The largest absolute Gasteiger partial charge is 0.481 e. The number of hydrogen-bond acceptors (Lipinski definition) is 1. The van der Waals surface area contributed by atoms with Gasteiger partial charge in [-0.2, -0.15) is 0 Å². The van der Waals surface area contributed by atoms with E-state index in [2.05, 4.69) is 26.0 Å². The Bertz CT molecular complexity index is 381. The van der Waals surface area contributed by atoms with Crippen molar-refractivity contribution in [2.24, 2.45) is 5.41 Å². The maximum absolute atomic E-state index is 11.2. The van der Waals surface area contributed by atoms with Gasteiger partial charge in [-0.1, -0.05) is 44.2 Å². The summed E-state index contributed by atoms with van der Waals surface area (Å²) in [6.07, 6.45) is 1.59. The summed E-state index contributed by atoms with van der Waals surface area (Å²) in [6, 6.07) is 10.2.